The predicted molar refractivity (Wildman–Crippen MR) is 232 cm³/mol. The molecule has 0 aliphatic heterocycles. The van der Waals surface area contributed by atoms with Gasteiger partial charge in [0.2, 0.25) is 0 Å². The second kappa shape index (κ2) is 13.1. The van der Waals surface area contributed by atoms with Crippen molar-refractivity contribution in [1.29, 1.82) is 0 Å². The number of fused-ring (bicyclic) bond motifs is 6. The molecule has 8 aromatic carbocycles. The molecule has 0 aliphatic rings. The van der Waals surface area contributed by atoms with Gasteiger partial charge in [0.1, 0.15) is 5.82 Å². The number of hydrogen-bond acceptors (Lipinski definition) is 2. The van der Waals surface area contributed by atoms with Crippen molar-refractivity contribution >= 4 is 43.6 Å². The normalized spacial score (nSPS) is 11.6. The zero-order valence-electron chi connectivity index (χ0n) is 30.4. The van der Waals surface area contributed by atoms with Gasteiger partial charge in [-0.25, -0.2) is 9.97 Å². The molecule has 56 heavy (non-hydrogen) atoms. The Morgan fingerprint density at radius 2 is 0.732 bits per heavy atom. The van der Waals surface area contributed by atoms with Crippen LogP contribution in [0.4, 0.5) is 0 Å². The van der Waals surface area contributed by atoms with Crippen molar-refractivity contribution in [2.75, 3.05) is 0 Å². The van der Waals surface area contributed by atoms with E-state index in [9.17, 15) is 0 Å². The number of rotatable bonds is 6. The van der Waals surface area contributed by atoms with Crippen LogP contribution in [0.1, 0.15) is 0 Å². The fraction of sp³-hybridized carbons (Fsp3) is 0. The van der Waals surface area contributed by atoms with Crippen molar-refractivity contribution < 1.29 is 0 Å². The molecule has 0 bridgehead atoms. The van der Waals surface area contributed by atoms with Crippen LogP contribution in [0.3, 0.4) is 0 Å². The lowest BCUT2D eigenvalue weighted by molar-refractivity contribution is 1.05. The summed E-state index contributed by atoms with van der Waals surface area (Å²) >= 11 is 0. The summed E-state index contributed by atoms with van der Waals surface area (Å²) in [6, 6.07) is 73.3. The Bertz CT molecular complexity index is 3160. The van der Waals surface area contributed by atoms with E-state index in [1.165, 1.54) is 49.3 Å². The first-order valence-corrected chi connectivity index (χ1v) is 19.0. The molecule has 0 unspecified atom stereocenters. The zero-order valence-corrected chi connectivity index (χ0v) is 30.4. The zero-order chi connectivity index (χ0) is 37.0. The lowest BCUT2D eigenvalue weighted by Crippen LogP contribution is -2.02. The van der Waals surface area contributed by atoms with E-state index in [2.05, 4.69) is 191 Å². The predicted octanol–water partition coefficient (Wildman–Crippen LogP) is 13.3. The Labute approximate surface area is 324 Å². The molecule has 3 aromatic heterocycles. The Morgan fingerprint density at radius 3 is 1.34 bits per heavy atom. The average molecular weight is 715 g/mol. The summed E-state index contributed by atoms with van der Waals surface area (Å²) < 4.78 is 4.67. The van der Waals surface area contributed by atoms with Crippen molar-refractivity contribution in [3.63, 3.8) is 0 Å². The lowest BCUT2D eigenvalue weighted by atomic mass is 9.99. The van der Waals surface area contributed by atoms with Gasteiger partial charge in [-0.05, 0) is 76.9 Å². The van der Waals surface area contributed by atoms with E-state index in [0.29, 0.717) is 5.82 Å². The van der Waals surface area contributed by atoms with Crippen LogP contribution in [0, 0.1) is 0 Å². The fourth-order valence-corrected chi connectivity index (χ4v) is 8.29. The van der Waals surface area contributed by atoms with Crippen LogP contribution in [-0.4, -0.2) is 19.1 Å². The second-order valence-electron chi connectivity index (χ2n) is 14.3. The third kappa shape index (κ3) is 5.31. The van der Waals surface area contributed by atoms with Gasteiger partial charge >= 0.3 is 0 Å². The van der Waals surface area contributed by atoms with Gasteiger partial charge in [0.25, 0.3) is 0 Å². The first-order valence-electron chi connectivity index (χ1n) is 19.0. The van der Waals surface area contributed by atoms with Gasteiger partial charge in [-0.2, -0.15) is 0 Å². The van der Waals surface area contributed by atoms with Gasteiger partial charge in [0, 0.05) is 44.4 Å². The SMILES string of the molecule is c1ccc(-c2ccc3c(c2)c2cc(-c4ccc5c(c4)c4ccccc4n5-c4ccccc4)ccc2n3-c2cc(-c3ccccc3)nc(-c3ccccc3)n2)cc1. The summed E-state index contributed by atoms with van der Waals surface area (Å²) in [5.74, 6) is 1.52. The van der Waals surface area contributed by atoms with E-state index in [-0.39, 0.29) is 0 Å². The topological polar surface area (TPSA) is 35.6 Å². The van der Waals surface area contributed by atoms with E-state index in [1.54, 1.807) is 0 Å². The van der Waals surface area contributed by atoms with Crippen LogP contribution >= 0.6 is 0 Å². The number of para-hydroxylation sites is 2. The summed E-state index contributed by atoms with van der Waals surface area (Å²) in [6.07, 6.45) is 0. The van der Waals surface area contributed by atoms with Gasteiger partial charge in [-0.15, -0.1) is 0 Å². The molecule has 0 saturated carbocycles. The molecule has 0 N–H and O–H groups in total. The molecule has 0 aliphatic carbocycles. The van der Waals surface area contributed by atoms with Gasteiger partial charge in [0.05, 0.1) is 27.8 Å². The molecule has 11 rings (SSSR count). The molecule has 0 atom stereocenters. The first-order chi connectivity index (χ1) is 27.8. The maximum Gasteiger partial charge on any atom is 0.162 e. The molecule has 0 fully saturated rings. The van der Waals surface area contributed by atoms with E-state index in [4.69, 9.17) is 9.97 Å². The molecule has 4 heteroatoms. The van der Waals surface area contributed by atoms with Crippen LogP contribution in [0.25, 0.3) is 100 Å². The van der Waals surface area contributed by atoms with Gasteiger partial charge in [0.15, 0.2) is 5.82 Å². The highest BCUT2D eigenvalue weighted by Gasteiger charge is 2.19. The molecule has 4 nitrogen and oxygen atoms in total. The van der Waals surface area contributed by atoms with Crippen LogP contribution < -0.4 is 0 Å². The van der Waals surface area contributed by atoms with Gasteiger partial charge < -0.3 is 4.57 Å². The van der Waals surface area contributed by atoms with Crippen molar-refractivity contribution in [3.05, 3.63) is 206 Å². The number of nitrogens with zero attached hydrogens (tertiary/aromatic N) is 4. The highest BCUT2D eigenvalue weighted by atomic mass is 15.1. The molecule has 0 radical (unpaired) electrons. The van der Waals surface area contributed by atoms with Crippen LogP contribution in [0.15, 0.2) is 206 Å². The molecule has 0 spiro atoms. The fourth-order valence-electron chi connectivity index (χ4n) is 8.29. The highest BCUT2D eigenvalue weighted by Crippen LogP contribution is 2.40. The number of hydrogen-bond donors (Lipinski definition) is 0. The van der Waals surface area contributed by atoms with Crippen LogP contribution in [0.5, 0.6) is 0 Å². The van der Waals surface area contributed by atoms with Crippen molar-refractivity contribution in [1.82, 2.24) is 19.1 Å². The van der Waals surface area contributed by atoms with Gasteiger partial charge in [-0.1, -0.05) is 146 Å². The third-order valence-corrected chi connectivity index (χ3v) is 10.9. The molecule has 0 saturated heterocycles. The molecule has 0 amide bonds. The summed E-state index contributed by atoms with van der Waals surface area (Å²) in [6.45, 7) is 0. The minimum absolute atomic E-state index is 0.692. The smallest absolute Gasteiger partial charge is 0.162 e. The lowest BCUT2D eigenvalue weighted by Gasteiger charge is -2.12. The average Bonchev–Trinajstić information content (AvgIpc) is 3.79. The summed E-state index contributed by atoms with van der Waals surface area (Å²) in [5, 5.41) is 4.82. The monoisotopic (exact) mass is 714 g/mol. The van der Waals surface area contributed by atoms with E-state index < -0.39 is 0 Å². The summed E-state index contributed by atoms with van der Waals surface area (Å²) in [7, 11) is 0. The number of aromatic nitrogens is 4. The largest absolute Gasteiger partial charge is 0.309 e. The van der Waals surface area contributed by atoms with Crippen LogP contribution in [0.2, 0.25) is 0 Å². The van der Waals surface area contributed by atoms with Gasteiger partial charge in [-0.3, -0.25) is 4.57 Å². The quantitative estimate of drug-likeness (QED) is 0.172. The van der Waals surface area contributed by atoms with Crippen molar-refractivity contribution in [2.45, 2.75) is 0 Å². The number of benzene rings is 8. The van der Waals surface area contributed by atoms with E-state index in [0.717, 1.165) is 44.9 Å². The van der Waals surface area contributed by atoms with Crippen LogP contribution in [-0.2, 0) is 0 Å². The summed E-state index contributed by atoms with van der Waals surface area (Å²) in [4.78, 5) is 10.4. The third-order valence-electron chi connectivity index (χ3n) is 10.9. The Balaban J connectivity index is 1.15. The molecular formula is C52H34N4. The molecule has 262 valence electrons. The Morgan fingerprint density at radius 1 is 0.286 bits per heavy atom. The van der Waals surface area contributed by atoms with Crippen molar-refractivity contribution in [2.24, 2.45) is 0 Å². The molecule has 3 heterocycles. The molecular weight excluding hydrogens is 681 g/mol. The first kappa shape index (κ1) is 31.9. The Kier molecular flexibility index (Phi) is 7.46. The van der Waals surface area contributed by atoms with E-state index >= 15 is 0 Å². The Hall–Kier alpha value is -7.56. The van der Waals surface area contributed by atoms with Crippen molar-refractivity contribution in [3.8, 4) is 56.4 Å². The summed E-state index contributed by atoms with van der Waals surface area (Å²) in [5.41, 5.74) is 13.3. The standard InChI is InChI=1S/C52H34N4/c1-5-15-35(16-6-1)38-25-29-49-44(31-38)45-33-40(39-26-28-48-43(32-39)42-23-13-14-24-47(42)55(48)41-21-11-4-12-22-41)27-30-50(45)56(49)51-34-46(36-17-7-2-8-18-36)53-52(54-51)37-19-9-3-10-20-37/h1-34H. The minimum Gasteiger partial charge on any atom is -0.309 e. The minimum atomic E-state index is 0.692. The second-order valence-corrected chi connectivity index (χ2v) is 14.3. The maximum atomic E-state index is 5.27. The molecule has 11 aromatic rings. The highest BCUT2D eigenvalue weighted by molar-refractivity contribution is 6.13. The maximum absolute atomic E-state index is 5.27. The van der Waals surface area contributed by atoms with E-state index in [1.807, 2.05) is 24.3 Å².